The number of thiophene rings is 1. The van der Waals surface area contributed by atoms with Crippen molar-refractivity contribution in [1.82, 2.24) is 10.6 Å². The molecule has 0 spiro atoms. The van der Waals surface area contributed by atoms with E-state index in [0.717, 1.165) is 16.2 Å². The summed E-state index contributed by atoms with van der Waals surface area (Å²) in [6.07, 6.45) is 0.732. The summed E-state index contributed by atoms with van der Waals surface area (Å²) < 4.78 is 4.82. The Balaban J connectivity index is 2.20. The number of nitrogens with one attached hydrogen (secondary N) is 2. The molecule has 0 bridgehead atoms. The van der Waals surface area contributed by atoms with Gasteiger partial charge in [0, 0.05) is 25.1 Å². The molecule has 1 rings (SSSR count). The second-order valence-electron chi connectivity index (χ2n) is 3.75. The third-order valence-electron chi connectivity index (χ3n) is 2.26. The number of amides is 2. The summed E-state index contributed by atoms with van der Waals surface area (Å²) in [5, 5.41) is 5.41. The Morgan fingerprint density at radius 3 is 2.61 bits per heavy atom. The van der Waals surface area contributed by atoms with E-state index in [1.165, 1.54) is 11.3 Å². The van der Waals surface area contributed by atoms with Gasteiger partial charge in [-0.2, -0.15) is 0 Å². The second kappa shape index (κ2) is 7.84. The van der Waals surface area contributed by atoms with Gasteiger partial charge in [-0.25, -0.2) is 4.79 Å². The number of carbonyl (C=O) groups is 2. The summed E-state index contributed by atoms with van der Waals surface area (Å²) in [6.45, 7) is 3.10. The van der Waals surface area contributed by atoms with Crippen LogP contribution in [0.25, 0.3) is 0 Å². The molecule has 5 nitrogen and oxygen atoms in total. The highest BCUT2D eigenvalue weighted by Gasteiger charge is 2.04. The molecule has 0 fully saturated rings. The van der Waals surface area contributed by atoms with Gasteiger partial charge in [-0.05, 0) is 25.5 Å². The number of rotatable bonds is 7. The van der Waals surface area contributed by atoms with Crippen molar-refractivity contribution >= 4 is 23.2 Å². The van der Waals surface area contributed by atoms with E-state index in [1.54, 1.807) is 14.0 Å². The topological polar surface area (TPSA) is 67.4 Å². The van der Waals surface area contributed by atoms with Gasteiger partial charge >= 0.3 is 6.03 Å². The minimum Gasteiger partial charge on any atom is -0.383 e. The number of methoxy groups -OCH3 is 1. The molecule has 0 radical (unpaired) electrons. The van der Waals surface area contributed by atoms with Crippen LogP contribution in [0.5, 0.6) is 0 Å². The number of Topliss-reactive ketones (excluding diaryl/α,β-unsaturated/α-hetero) is 1. The van der Waals surface area contributed by atoms with Crippen LogP contribution >= 0.6 is 11.3 Å². The highest BCUT2D eigenvalue weighted by molar-refractivity contribution is 7.14. The Morgan fingerprint density at radius 2 is 2.00 bits per heavy atom. The average molecular weight is 270 g/mol. The first kappa shape index (κ1) is 14.7. The van der Waals surface area contributed by atoms with Crippen LogP contribution in [0.1, 0.15) is 21.5 Å². The summed E-state index contributed by atoms with van der Waals surface area (Å²) in [4.78, 5) is 24.3. The maximum absolute atomic E-state index is 11.3. The van der Waals surface area contributed by atoms with Gasteiger partial charge in [-0.3, -0.25) is 4.79 Å². The van der Waals surface area contributed by atoms with Gasteiger partial charge in [0.2, 0.25) is 0 Å². The normalized spacial score (nSPS) is 10.1. The molecule has 18 heavy (non-hydrogen) atoms. The minimum absolute atomic E-state index is 0.0801. The minimum atomic E-state index is -0.199. The molecule has 1 heterocycles. The second-order valence-corrected chi connectivity index (χ2v) is 4.92. The van der Waals surface area contributed by atoms with E-state index in [1.807, 2.05) is 12.1 Å². The Bertz CT molecular complexity index is 404. The zero-order valence-electron chi connectivity index (χ0n) is 10.6. The molecule has 0 atom stereocenters. The van der Waals surface area contributed by atoms with Crippen molar-refractivity contribution < 1.29 is 14.3 Å². The molecule has 100 valence electrons. The molecule has 0 aliphatic carbocycles. The molecule has 2 amide bonds. The third kappa shape index (κ3) is 5.29. The summed E-state index contributed by atoms with van der Waals surface area (Å²) in [6, 6.07) is 3.54. The number of ketones is 1. The number of hydrogen-bond donors (Lipinski definition) is 2. The fourth-order valence-electron chi connectivity index (χ4n) is 1.33. The first-order valence-electron chi connectivity index (χ1n) is 5.73. The molecule has 2 N–H and O–H groups in total. The molecule has 0 aromatic carbocycles. The summed E-state index contributed by atoms with van der Waals surface area (Å²) in [7, 11) is 1.59. The van der Waals surface area contributed by atoms with Crippen molar-refractivity contribution in [2.24, 2.45) is 0 Å². The van der Waals surface area contributed by atoms with Crippen LogP contribution in [0.4, 0.5) is 4.79 Å². The highest BCUT2D eigenvalue weighted by atomic mass is 32.1. The van der Waals surface area contributed by atoms with Crippen molar-refractivity contribution in [3.05, 3.63) is 21.9 Å². The Kier molecular flexibility index (Phi) is 6.38. The molecule has 1 aromatic heterocycles. The zero-order chi connectivity index (χ0) is 13.4. The van der Waals surface area contributed by atoms with Crippen LogP contribution in [-0.2, 0) is 11.2 Å². The van der Waals surface area contributed by atoms with Crippen molar-refractivity contribution in [3.8, 4) is 0 Å². The van der Waals surface area contributed by atoms with E-state index < -0.39 is 0 Å². The molecular weight excluding hydrogens is 252 g/mol. The standard InChI is InChI=1S/C12H18N2O3S/c1-9(15)11-4-3-10(18-11)5-6-13-12(16)14-7-8-17-2/h3-4H,5-8H2,1-2H3,(H2,13,14,16). The van der Waals surface area contributed by atoms with Crippen molar-refractivity contribution in [1.29, 1.82) is 0 Å². The predicted octanol–water partition coefficient (Wildman–Crippen LogP) is 1.44. The predicted molar refractivity (Wildman–Crippen MR) is 71.3 cm³/mol. The van der Waals surface area contributed by atoms with Crippen LogP contribution in [0.15, 0.2) is 12.1 Å². The van der Waals surface area contributed by atoms with Crippen LogP contribution in [0.3, 0.4) is 0 Å². The molecule has 0 saturated carbocycles. The first-order chi connectivity index (χ1) is 8.63. The molecular formula is C12H18N2O3S. The summed E-state index contributed by atoms with van der Waals surface area (Å²) in [5.74, 6) is 0.0801. The zero-order valence-corrected chi connectivity index (χ0v) is 11.4. The van der Waals surface area contributed by atoms with E-state index in [-0.39, 0.29) is 11.8 Å². The van der Waals surface area contributed by atoms with Gasteiger partial charge < -0.3 is 15.4 Å². The Morgan fingerprint density at radius 1 is 1.28 bits per heavy atom. The Hall–Kier alpha value is -1.40. The fourth-order valence-corrected chi connectivity index (χ4v) is 2.23. The van der Waals surface area contributed by atoms with E-state index in [9.17, 15) is 9.59 Å². The molecule has 0 saturated heterocycles. The van der Waals surface area contributed by atoms with Crippen molar-refractivity contribution in [2.45, 2.75) is 13.3 Å². The third-order valence-corrected chi connectivity index (χ3v) is 3.50. The highest BCUT2D eigenvalue weighted by Crippen LogP contribution is 2.16. The largest absolute Gasteiger partial charge is 0.383 e. The summed E-state index contributed by atoms with van der Waals surface area (Å²) in [5.41, 5.74) is 0. The monoisotopic (exact) mass is 270 g/mol. The number of hydrogen-bond acceptors (Lipinski definition) is 4. The van der Waals surface area contributed by atoms with Gasteiger partial charge in [-0.15, -0.1) is 11.3 Å². The molecule has 6 heteroatoms. The smallest absolute Gasteiger partial charge is 0.314 e. The lowest BCUT2D eigenvalue weighted by Gasteiger charge is -2.06. The first-order valence-corrected chi connectivity index (χ1v) is 6.55. The fraction of sp³-hybridized carbons (Fsp3) is 0.500. The number of ether oxygens (including phenoxy) is 1. The molecule has 0 aliphatic heterocycles. The van der Waals surface area contributed by atoms with Crippen LogP contribution < -0.4 is 10.6 Å². The lowest BCUT2D eigenvalue weighted by atomic mass is 10.3. The van der Waals surface area contributed by atoms with Gasteiger partial charge in [0.05, 0.1) is 11.5 Å². The van der Waals surface area contributed by atoms with E-state index in [2.05, 4.69) is 10.6 Å². The maximum atomic E-state index is 11.3. The van der Waals surface area contributed by atoms with E-state index in [0.29, 0.717) is 19.7 Å². The van der Waals surface area contributed by atoms with Crippen LogP contribution in [0.2, 0.25) is 0 Å². The lowest BCUT2D eigenvalue weighted by Crippen LogP contribution is -2.38. The maximum Gasteiger partial charge on any atom is 0.314 e. The van der Waals surface area contributed by atoms with Gasteiger partial charge in [0.25, 0.3) is 0 Å². The quantitative estimate of drug-likeness (QED) is 0.582. The lowest BCUT2D eigenvalue weighted by molar-refractivity contribution is 0.102. The van der Waals surface area contributed by atoms with Gasteiger partial charge in [0.1, 0.15) is 0 Å². The summed E-state index contributed by atoms with van der Waals surface area (Å²) >= 11 is 1.47. The van der Waals surface area contributed by atoms with Crippen molar-refractivity contribution in [2.75, 3.05) is 26.8 Å². The van der Waals surface area contributed by atoms with Crippen LogP contribution in [0, 0.1) is 0 Å². The van der Waals surface area contributed by atoms with E-state index in [4.69, 9.17) is 4.74 Å². The Labute approximate surface area is 111 Å². The molecule has 0 unspecified atom stereocenters. The van der Waals surface area contributed by atoms with Gasteiger partial charge in [0.15, 0.2) is 5.78 Å². The number of urea groups is 1. The SMILES string of the molecule is COCCNC(=O)NCCc1ccc(C(C)=O)s1. The van der Waals surface area contributed by atoms with Crippen molar-refractivity contribution in [3.63, 3.8) is 0 Å². The molecule has 1 aromatic rings. The average Bonchev–Trinajstić information content (AvgIpc) is 2.78. The van der Waals surface area contributed by atoms with E-state index >= 15 is 0 Å². The molecule has 0 aliphatic rings. The number of carbonyl (C=O) groups excluding carboxylic acids is 2. The van der Waals surface area contributed by atoms with Gasteiger partial charge in [-0.1, -0.05) is 0 Å². The van der Waals surface area contributed by atoms with Crippen LogP contribution in [-0.4, -0.2) is 38.6 Å².